The third kappa shape index (κ3) is 3.04. The summed E-state index contributed by atoms with van der Waals surface area (Å²) < 4.78 is 7.26. The molecule has 0 unspecified atom stereocenters. The summed E-state index contributed by atoms with van der Waals surface area (Å²) in [5, 5.41) is 4.14. The van der Waals surface area contributed by atoms with Crippen molar-refractivity contribution in [2.45, 2.75) is 33.2 Å². The van der Waals surface area contributed by atoms with Crippen molar-refractivity contribution in [1.82, 2.24) is 14.8 Å². The first-order valence-corrected chi connectivity index (χ1v) is 6.76. The molecule has 0 saturated carbocycles. The van der Waals surface area contributed by atoms with E-state index >= 15 is 0 Å². The molecule has 5 nitrogen and oxygen atoms in total. The second-order valence-electron chi connectivity index (χ2n) is 4.74. The van der Waals surface area contributed by atoms with Crippen molar-refractivity contribution in [2.75, 3.05) is 6.61 Å². The molecule has 0 atom stereocenters. The van der Waals surface area contributed by atoms with Crippen molar-refractivity contribution >= 4 is 5.78 Å². The largest absolute Gasteiger partial charge is 0.493 e. The van der Waals surface area contributed by atoms with Gasteiger partial charge in [-0.1, -0.05) is 12.1 Å². The number of hydrogen-bond donors (Lipinski definition) is 0. The average molecular weight is 273 g/mol. The number of para-hydroxylation sites is 1. The Hall–Kier alpha value is -2.17. The molecule has 0 N–H and O–H groups in total. The number of aromatic nitrogens is 3. The predicted molar refractivity (Wildman–Crippen MR) is 76.1 cm³/mol. The molecule has 1 heterocycles. The van der Waals surface area contributed by atoms with Gasteiger partial charge in [0.1, 0.15) is 17.9 Å². The lowest BCUT2D eigenvalue weighted by atomic mass is 10.1. The van der Waals surface area contributed by atoms with Gasteiger partial charge in [-0.25, -0.2) is 9.67 Å². The highest BCUT2D eigenvalue weighted by atomic mass is 16.5. The van der Waals surface area contributed by atoms with Crippen LogP contribution in [0.2, 0.25) is 0 Å². The fraction of sp³-hybridized carbons (Fsp3) is 0.400. The van der Waals surface area contributed by atoms with Gasteiger partial charge in [0.25, 0.3) is 0 Å². The van der Waals surface area contributed by atoms with E-state index in [9.17, 15) is 4.79 Å². The summed E-state index contributed by atoms with van der Waals surface area (Å²) >= 11 is 0. The monoisotopic (exact) mass is 273 g/mol. The molecule has 2 aromatic rings. The Kier molecular flexibility index (Phi) is 4.50. The van der Waals surface area contributed by atoms with E-state index in [2.05, 4.69) is 10.1 Å². The van der Waals surface area contributed by atoms with Crippen molar-refractivity contribution in [1.29, 1.82) is 0 Å². The average Bonchev–Trinajstić information content (AvgIpc) is 2.88. The summed E-state index contributed by atoms with van der Waals surface area (Å²) in [5.74, 6) is 1.29. The van der Waals surface area contributed by atoms with Crippen LogP contribution in [0.3, 0.4) is 0 Å². The van der Waals surface area contributed by atoms with Crippen LogP contribution < -0.4 is 4.74 Å². The topological polar surface area (TPSA) is 57.0 Å². The molecular weight excluding hydrogens is 254 g/mol. The second kappa shape index (κ2) is 6.32. The minimum atomic E-state index is -0.0102. The molecule has 0 aliphatic heterocycles. The van der Waals surface area contributed by atoms with Gasteiger partial charge in [0.2, 0.25) is 0 Å². The first-order valence-electron chi connectivity index (χ1n) is 6.76. The van der Waals surface area contributed by atoms with Crippen LogP contribution >= 0.6 is 0 Å². The van der Waals surface area contributed by atoms with Crippen LogP contribution in [0.1, 0.15) is 43.0 Å². The molecule has 20 heavy (non-hydrogen) atoms. The molecule has 0 aliphatic rings. The summed E-state index contributed by atoms with van der Waals surface area (Å²) in [4.78, 5) is 16.6. The van der Waals surface area contributed by atoms with E-state index in [1.54, 1.807) is 10.7 Å². The standard InChI is InChI=1S/C15H19N3O2/c1-4-20-14-8-6-5-7-12(14)13(19)9-15-16-10-17-18(15)11(2)3/h5-8,10-11H,4,9H2,1-3H3. The fourth-order valence-corrected chi connectivity index (χ4v) is 2.05. The quantitative estimate of drug-likeness (QED) is 0.759. The third-order valence-corrected chi connectivity index (χ3v) is 2.94. The van der Waals surface area contributed by atoms with Crippen molar-refractivity contribution in [3.63, 3.8) is 0 Å². The first-order chi connectivity index (χ1) is 9.63. The molecule has 0 radical (unpaired) electrons. The summed E-state index contributed by atoms with van der Waals surface area (Å²) in [6.45, 7) is 6.46. The minimum Gasteiger partial charge on any atom is -0.493 e. The highest BCUT2D eigenvalue weighted by Gasteiger charge is 2.16. The number of carbonyl (C=O) groups is 1. The maximum absolute atomic E-state index is 12.4. The number of Topliss-reactive ketones (excluding diaryl/α,β-unsaturated/α-hetero) is 1. The van der Waals surface area contributed by atoms with Gasteiger partial charge >= 0.3 is 0 Å². The van der Waals surface area contributed by atoms with Crippen LogP contribution in [0, 0.1) is 0 Å². The molecule has 0 bridgehead atoms. The fourth-order valence-electron chi connectivity index (χ4n) is 2.05. The van der Waals surface area contributed by atoms with E-state index in [4.69, 9.17) is 4.74 Å². The van der Waals surface area contributed by atoms with Crippen LogP contribution in [0.15, 0.2) is 30.6 Å². The SMILES string of the molecule is CCOc1ccccc1C(=O)Cc1ncnn1C(C)C. The molecule has 106 valence electrons. The van der Waals surface area contributed by atoms with Gasteiger partial charge in [-0.2, -0.15) is 5.10 Å². The zero-order chi connectivity index (χ0) is 14.5. The molecular formula is C15H19N3O2. The first kappa shape index (κ1) is 14.2. The molecule has 2 rings (SSSR count). The number of ketones is 1. The minimum absolute atomic E-state index is 0.0102. The van der Waals surface area contributed by atoms with Crippen LogP contribution in [0.25, 0.3) is 0 Å². The van der Waals surface area contributed by atoms with Gasteiger partial charge in [0.05, 0.1) is 18.6 Å². The third-order valence-electron chi connectivity index (χ3n) is 2.94. The zero-order valence-corrected chi connectivity index (χ0v) is 12.0. The smallest absolute Gasteiger partial charge is 0.174 e. The second-order valence-corrected chi connectivity index (χ2v) is 4.74. The lowest BCUT2D eigenvalue weighted by Crippen LogP contribution is -2.14. The molecule has 1 aromatic carbocycles. The Morgan fingerprint density at radius 1 is 1.35 bits per heavy atom. The maximum atomic E-state index is 12.4. The summed E-state index contributed by atoms with van der Waals surface area (Å²) in [6, 6.07) is 7.47. The van der Waals surface area contributed by atoms with Gasteiger partial charge in [-0.15, -0.1) is 0 Å². The van der Waals surface area contributed by atoms with Crippen LogP contribution in [0.5, 0.6) is 5.75 Å². The van der Waals surface area contributed by atoms with Gasteiger partial charge < -0.3 is 4.74 Å². The highest BCUT2D eigenvalue weighted by Crippen LogP contribution is 2.20. The Balaban J connectivity index is 2.22. The molecule has 0 amide bonds. The normalized spacial score (nSPS) is 10.8. The van der Waals surface area contributed by atoms with E-state index in [0.29, 0.717) is 23.7 Å². The molecule has 5 heteroatoms. The van der Waals surface area contributed by atoms with Crippen LogP contribution in [-0.4, -0.2) is 27.2 Å². The Morgan fingerprint density at radius 3 is 2.80 bits per heavy atom. The number of ether oxygens (including phenoxy) is 1. The molecule has 0 saturated heterocycles. The number of nitrogens with zero attached hydrogens (tertiary/aromatic N) is 3. The van der Waals surface area contributed by atoms with Crippen molar-refractivity contribution in [3.05, 3.63) is 42.0 Å². The molecule has 0 spiro atoms. The van der Waals surface area contributed by atoms with E-state index in [1.165, 1.54) is 6.33 Å². The van der Waals surface area contributed by atoms with E-state index in [1.807, 2.05) is 39.0 Å². The van der Waals surface area contributed by atoms with Gasteiger partial charge in [0.15, 0.2) is 5.78 Å². The predicted octanol–water partition coefficient (Wildman–Crippen LogP) is 2.68. The molecule has 0 aliphatic carbocycles. The number of benzene rings is 1. The molecule has 0 fully saturated rings. The number of rotatable bonds is 6. The van der Waals surface area contributed by atoms with Crippen molar-refractivity contribution in [2.24, 2.45) is 0 Å². The summed E-state index contributed by atoms with van der Waals surface area (Å²) in [7, 11) is 0. The lowest BCUT2D eigenvalue weighted by molar-refractivity contribution is 0.0985. The van der Waals surface area contributed by atoms with E-state index in [-0.39, 0.29) is 18.2 Å². The number of carbonyl (C=O) groups excluding carboxylic acids is 1. The zero-order valence-electron chi connectivity index (χ0n) is 12.0. The van der Waals surface area contributed by atoms with Gasteiger partial charge in [0, 0.05) is 6.04 Å². The van der Waals surface area contributed by atoms with E-state index < -0.39 is 0 Å². The maximum Gasteiger partial charge on any atom is 0.174 e. The van der Waals surface area contributed by atoms with Gasteiger partial charge in [-0.05, 0) is 32.9 Å². The van der Waals surface area contributed by atoms with Crippen LogP contribution in [0.4, 0.5) is 0 Å². The van der Waals surface area contributed by atoms with Crippen LogP contribution in [-0.2, 0) is 6.42 Å². The Bertz CT molecular complexity index is 590. The Morgan fingerprint density at radius 2 is 2.10 bits per heavy atom. The van der Waals surface area contributed by atoms with Crippen molar-refractivity contribution < 1.29 is 9.53 Å². The summed E-state index contributed by atoms with van der Waals surface area (Å²) in [6.07, 6.45) is 1.71. The Labute approximate surface area is 118 Å². The number of hydrogen-bond acceptors (Lipinski definition) is 4. The molecule has 1 aromatic heterocycles. The van der Waals surface area contributed by atoms with E-state index in [0.717, 1.165) is 0 Å². The summed E-state index contributed by atoms with van der Waals surface area (Å²) in [5.41, 5.74) is 0.590. The lowest BCUT2D eigenvalue weighted by Gasteiger charge is -2.11. The highest BCUT2D eigenvalue weighted by molar-refractivity contribution is 5.99. The van der Waals surface area contributed by atoms with Gasteiger partial charge in [-0.3, -0.25) is 4.79 Å². The van der Waals surface area contributed by atoms with Crippen molar-refractivity contribution in [3.8, 4) is 5.75 Å².